The minimum atomic E-state index is -0.280. The number of ketones is 1. The quantitative estimate of drug-likeness (QED) is 0.476. The van der Waals surface area contributed by atoms with Crippen molar-refractivity contribution in [3.8, 4) is 17.1 Å². The summed E-state index contributed by atoms with van der Waals surface area (Å²) in [5.74, 6) is 0.473. The second-order valence-corrected chi connectivity index (χ2v) is 9.30. The molecule has 1 atom stereocenters. The average molecular weight is 425 g/mol. The molecule has 6 heteroatoms. The van der Waals surface area contributed by atoms with Crippen molar-refractivity contribution < 1.29 is 14.3 Å². The molecule has 6 nitrogen and oxygen atoms in total. The molecule has 2 aromatic heterocycles. The highest BCUT2D eigenvalue weighted by Crippen LogP contribution is 2.43. The maximum atomic E-state index is 12.7. The van der Waals surface area contributed by atoms with Crippen LogP contribution >= 0.6 is 0 Å². The number of Topliss-reactive ketones (excluding diaryl/α,β-unsaturated/α-hetero) is 1. The number of aromatic nitrogens is 2. The lowest BCUT2D eigenvalue weighted by atomic mass is 9.79. The minimum absolute atomic E-state index is 0.0625. The first-order valence-electron chi connectivity index (χ1n) is 10.6. The first-order valence-corrected chi connectivity index (χ1v) is 10.6. The van der Waals surface area contributed by atoms with Crippen LogP contribution in [0.3, 0.4) is 0 Å². The van der Waals surface area contributed by atoms with Crippen molar-refractivity contribution in [1.29, 1.82) is 0 Å². The number of hydrogen-bond acceptors (Lipinski definition) is 5. The first kappa shape index (κ1) is 22.9. The lowest BCUT2D eigenvalue weighted by molar-refractivity contribution is 0.101. The zero-order valence-corrected chi connectivity index (χ0v) is 19.4. The van der Waals surface area contributed by atoms with Gasteiger partial charge < -0.3 is 14.0 Å². The van der Waals surface area contributed by atoms with Crippen LogP contribution in [0, 0.1) is 5.41 Å². The van der Waals surface area contributed by atoms with Crippen molar-refractivity contribution in [2.45, 2.75) is 53.5 Å². The highest BCUT2D eigenvalue weighted by Gasteiger charge is 2.34. The van der Waals surface area contributed by atoms with Gasteiger partial charge in [-0.2, -0.15) is 0 Å². The fraction of sp³-hybridized carbons (Fsp3) is 0.480. The fourth-order valence-electron chi connectivity index (χ4n) is 4.00. The highest BCUT2D eigenvalue weighted by molar-refractivity contribution is 5.94. The second-order valence-electron chi connectivity index (χ2n) is 9.30. The summed E-state index contributed by atoms with van der Waals surface area (Å²) in [6, 6.07) is 3.64. The zero-order valence-electron chi connectivity index (χ0n) is 19.4. The summed E-state index contributed by atoms with van der Waals surface area (Å²) in [5.41, 5.74) is 3.80. The van der Waals surface area contributed by atoms with Crippen LogP contribution in [-0.2, 0) is 11.2 Å². The van der Waals surface area contributed by atoms with Gasteiger partial charge in [-0.15, -0.1) is 0 Å². The predicted molar refractivity (Wildman–Crippen MR) is 123 cm³/mol. The van der Waals surface area contributed by atoms with Gasteiger partial charge in [-0.3, -0.25) is 9.59 Å². The largest absolute Gasteiger partial charge is 0.491 e. The molecule has 1 aliphatic heterocycles. The van der Waals surface area contributed by atoms with Crippen LogP contribution in [0.4, 0.5) is 0 Å². The fourth-order valence-corrected chi connectivity index (χ4v) is 4.00. The van der Waals surface area contributed by atoms with E-state index in [0.717, 1.165) is 35.4 Å². The Bertz CT molecular complexity index is 1080. The third-order valence-electron chi connectivity index (χ3n) is 5.67. The smallest absolute Gasteiger partial charge is 0.193 e. The number of carbonyl (C=O) groups excluding carboxylic acids is 1. The van der Waals surface area contributed by atoms with Gasteiger partial charge in [-0.25, -0.2) is 4.98 Å². The van der Waals surface area contributed by atoms with Gasteiger partial charge >= 0.3 is 0 Å². The number of carbonyl (C=O) groups is 1. The summed E-state index contributed by atoms with van der Waals surface area (Å²) in [5, 5.41) is 0. The lowest BCUT2D eigenvalue weighted by Crippen LogP contribution is -2.33. The van der Waals surface area contributed by atoms with Crippen LogP contribution < -0.4 is 10.2 Å². The molecule has 0 bridgehead atoms. The van der Waals surface area contributed by atoms with Crippen LogP contribution in [0.2, 0.25) is 0 Å². The molecule has 0 aliphatic carbocycles. The lowest BCUT2D eigenvalue weighted by Gasteiger charge is -2.38. The van der Waals surface area contributed by atoms with E-state index in [1.165, 1.54) is 6.92 Å². The summed E-state index contributed by atoms with van der Waals surface area (Å²) in [4.78, 5) is 29.6. The van der Waals surface area contributed by atoms with E-state index in [0.29, 0.717) is 24.7 Å². The number of hydrogen-bond donors (Lipinski definition) is 0. The van der Waals surface area contributed by atoms with Crippen molar-refractivity contribution in [2.24, 2.45) is 5.41 Å². The molecule has 0 unspecified atom stereocenters. The number of pyridine rings is 2. The molecule has 3 rings (SSSR count). The third kappa shape index (κ3) is 4.64. The molecule has 0 saturated heterocycles. The molecule has 0 aromatic carbocycles. The Kier molecular flexibility index (Phi) is 6.51. The average Bonchev–Trinajstić information content (AvgIpc) is 2.68. The maximum absolute atomic E-state index is 12.7. The monoisotopic (exact) mass is 424 g/mol. The summed E-state index contributed by atoms with van der Waals surface area (Å²) in [7, 11) is 1.67. The minimum Gasteiger partial charge on any atom is -0.491 e. The van der Waals surface area contributed by atoms with Crippen LogP contribution in [0.1, 0.15) is 68.7 Å². The van der Waals surface area contributed by atoms with Gasteiger partial charge in [0.15, 0.2) is 11.2 Å². The molecule has 0 saturated carbocycles. The van der Waals surface area contributed by atoms with E-state index in [4.69, 9.17) is 14.5 Å². The summed E-state index contributed by atoms with van der Waals surface area (Å²) >= 11 is 0. The molecule has 1 aliphatic rings. The Morgan fingerprint density at radius 1 is 1.26 bits per heavy atom. The summed E-state index contributed by atoms with van der Waals surface area (Å²) in [6.07, 6.45) is 3.21. The van der Waals surface area contributed by atoms with Crippen LogP contribution in [0.15, 0.2) is 29.7 Å². The molecule has 2 aromatic rings. The van der Waals surface area contributed by atoms with Crippen molar-refractivity contribution in [1.82, 2.24) is 9.55 Å². The second kappa shape index (κ2) is 8.79. The Labute approximate surface area is 183 Å². The zero-order chi connectivity index (χ0) is 22.9. The molecule has 0 N–H and O–H groups in total. The normalized spacial score (nSPS) is 15.2. The van der Waals surface area contributed by atoms with Crippen LogP contribution in [-0.4, -0.2) is 35.7 Å². The van der Waals surface area contributed by atoms with Crippen molar-refractivity contribution in [3.05, 3.63) is 52.0 Å². The van der Waals surface area contributed by atoms with Gasteiger partial charge in [0, 0.05) is 38.4 Å². The summed E-state index contributed by atoms with van der Waals surface area (Å²) < 4.78 is 13.2. The SMILES string of the molecule is C=C(C)c1nc2c(cc1OCCCOC)C[C@@H](C(C)(C)C)n1cc(C(C)=O)c(=O)cc1-2. The Morgan fingerprint density at radius 2 is 1.97 bits per heavy atom. The molecule has 166 valence electrons. The molecular formula is C25H32N2O4. The van der Waals surface area contributed by atoms with E-state index in [2.05, 4.69) is 31.9 Å². The van der Waals surface area contributed by atoms with E-state index < -0.39 is 0 Å². The van der Waals surface area contributed by atoms with Gasteiger partial charge in [0.1, 0.15) is 11.4 Å². The van der Waals surface area contributed by atoms with Gasteiger partial charge in [0.05, 0.1) is 23.6 Å². The van der Waals surface area contributed by atoms with Gasteiger partial charge in [0.2, 0.25) is 0 Å². The molecule has 3 heterocycles. The van der Waals surface area contributed by atoms with Gasteiger partial charge in [0.25, 0.3) is 0 Å². The van der Waals surface area contributed by atoms with Gasteiger partial charge in [-0.05, 0) is 42.9 Å². The number of allylic oxidation sites excluding steroid dienone is 1. The number of rotatable bonds is 7. The predicted octanol–water partition coefficient (Wildman–Crippen LogP) is 4.70. The molecule has 0 radical (unpaired) electrons. The number of fused-ring (bicyclic) bond motifs is 3. The highest BCUT2D eigenvalue weighted by atomic mass is 16.5. The standard InChI is InChI=1S/C25H32N2O4/c1-15(2)23-21(31-10-8-9-30-7)11-17-12-22(25(4,5)6)27-14-18(16(3)28)20(29)13-19(27)24(17)26-23/h11,13-14,22H,1,8-10,12H2,2-7H3/t22-/m0/s1. The number of ether oxygens (including phenoxy) is 2. The molecular weight excluding hydrogens is 392 g/mol. The Hall–Kier alpha value is -2.73. The Balaban J connectivity index is 2.19. The molecule has 0 spiro atoms. The van der Waals surface area contributed by atoms with E-state index >= 15 is 0 Å². The van der Waals surface area contributed by atoms with Crippen molar-refractivity contribution in [2.75, 3.05) is 20.3 Å². The maximum Gasteiger partial charge on any atom is 0.193 e. The van der Waals surface area contributed by atoms with Crippen molar-refractivity contribution in [3.63, 3.8) is 0 Å². The third-order valence-corrected chi connectivity index (χ3v) is 5.67. The van der Waals surface area contributed by atoms with Crippen LogP contribution in [0.5, 0.6) is 5.75 Å². The van der Waals surface area contributed by atoms with E-state index in [1.54, 1.807) is 19.4 Å². The number of methoxy groups -OCH3 is 1. The first-order chi connectivity index (χ1) is 14.5. The molecule has 0 fully saturated rings. The van der Waals surface area contributed by atoms with E-state index in [-0.39, 0.29) is 28.2 Å². The topological polar surface area (TPSA) is 70.4 Å². The molecule has 31 heavy (non-hydrogen) atoms. The number of nitrogens with zero attached hydrogens (tertiary/aromatic N) is 2. The Morgan fingerprint density at radius 3 is 2.55 bits per heavy atom. The van der Waals surface area contributed by atoms with Crippen molar-refractivity contribution >= 4 is 11.4 Å². The molecule has 0 amide bonds. The van der Waals surface area contributed by atoms with Gasteiger partial charge in [-0.1, -0.05) is 27.4 Å². The van der Waals surface area contributed by atoms with E-state index in [9.17, 15) is 9.59 Å². The van der Waals surface area contributed by atoms with Crippen LogP contribution in [0.25, 0.3) is 17.0 Å². The summed E-state index contributed by atoms with van der Waals surface area (Å²) in [6.45, 7) is 15.0. The van der Waals surface area contributed by atoms with E-state index in [1.807, 2.05) is 13.0 Å².